The molecule has 10 nitrogen and oxygen atoms in total. The van der Waals surface area contributed by atoms with Crippen LogP contribution in [-0.4, -0.2) is 43.8 Å². The lowest BCUT2D eigenvalue weighted by Gasteiger charge is -2.20. The first-order chi connectivity index (χ1) is 11.3. The molecule has 0 spiro atoms. The van der Waals surface area contributed by atoms with E-state index in [2.05, 4.69) is 20.6 Å². The predicted molar refractivity (Wildman–Crippen MR) is 87.0 cm³/mol. The average Bonchev–Trinajstić information content (AvgIpc) is 2.46. The minimum Gasteiger partial charge on any atom is -0.478 e. The van der Waals surface area contributed by atoms with Crippen molar-refractivity contribution < 1.29 is 17.9 Å². The molecule has 1 aliphatic heterocycles. The zero-order valence-corrected chi connectivity index (χ0v) is 14.0. The van der Waals surface area contributed by atoms with Crippen LogP contribution in [-0.2, 0) is 14.8 Å². The fraction of sp³-hybridized carbons (Fsp3) is 0.385. The summed E-state index contributed by atoms with van der Waals surface area (Å²) >= 11 is 0. The quantitative estimate of drug-likeness (QED) is 0.571. The van der Waals surface area contributed by atoms with E-state index >= 15 is 0 Å². The topological polar surface area (TPSA) is 146 Å². The van der Waals surface area contributed by atoms with Crippen LogP contribution in [0.3, 0.4) is 0 Å². The van der Waals surface area contributed by atoms with Gasteiger partial charge in [0, 0.05) is 24.1 Å². The van der Waals surface area contributed by atoms with Crippen LogP contribution in [0.5, 0.6) is 0 Å². The summed E-state index contributed by atoms with van der Waals surface area (Å²) in [5.74, 6) is -0.0736. The number of amides is 2. The first-order valence-corrected chi connectivity index (χ1v) is 8.57. The Kier molecular flexibility index (Phi) is 5.34. The van der Waals surface area contributed by atoms with Gasteiger partial charge in [-0.1, -0.05) is 0 Å². The highest BCUT2D eigenvalue weighted by Gasteiger charge is 2.26. The third-order valence-electron chi connectivity index (χ3n) is 2.93. The summed E-state index contributed by atoms with van der Waals surface area (Å²) in [6.45, 7) is 4.29. The van der Waals surface area contributed by atoms with Crippen LogP contribution in [0, 0.1) is 19.3 Å². The van der Waals surface area contributed by atoms with Crippen LogP contribution < -0.4 is 15.4 Å². The molecule has 1 aromatic rings. The Balaban J connectivity index is 2.15. The Morgan fingerprint density at radius 1 is 1.38 bits per heavy atom. The molecule has 130 valence electrons. The number of carbonyl (C=O) groups is 1. The number of hydrogen-bond acceptors (Lipinski definition) is 8. The smallest absolute Gasteiger partial charge is 0.335 e. The lowest BCUT2D eigenvalue weighted by molar-refractivity contribution is 0.157. The van der Waals surface area contributed by atoms with Crippen molar-refractivity contribution in [2.75, 3.05) is 18.5 Å². The monoisotopic (exact) mass is 354 g/mol. The van der Waals surface area contributed by atoms with E-state index < -0.39 is 21.0 Å². The molecule has 0 atom stereocenters. The van der Waals surface area contributed by atoms with Crippen molar-refractivity contribution in [3.63, 3.8) is 0 Å². The van der Waals surface area contributed by atoms with Crippen molar-refractivity contribution in [2.45, 2.75) is 20.3 Å². The number of carbonyl (C=O) groups excluding carboxylic acids is 1. The van der Waals surface area contributed by atoms with Gasteiger partial charge in [-0.15, -0.1) is 0 Å². The zero-order chi connectivity index (χ0) is 17.7. The highest BCUT2D eigenvalue weighted by Crippen LogP contribution is 2.12. The van der Waals surface area contributed by atoms with Gasteiger partial charge in [-0.3, -0.25) is 5.32 Å². The van der Waals surface area contributed by atoms with Crippen molar-refractivity contribution in [1.29, 1.82) is 5.41 Å². The molecule has 0 aliphatic carbocycles. The summed E-state index contributed by atoms with van der Waals surface area (Å²) in [5.41, 5.74) is 1.26. The number of allylic oxidation sites excluding steroid dienone is 1. The van der Waals surface area contributed by atoms with Gasteiger partial charge in [-0.2, -0.15) is 0 Å². The lowest BCUT2D eigenvalue weighted by atomic mass is 10.4. The summed E-state index contributed by atoms with van der Waals surface area (Å²) in [4.78, 5) is 19.4. The molecule has 24 heavy (non-hydrogen) atoms. The van der Waals surface area contributed by atoms with Crippen LogP contribution >= 0.6 is 0 Å². The van der Waals surface area contributed by atoms with Gasteiger partial charge in [-0.05, 0) is 26.3 Å². The molecule has 0 unspecified atom stereocenters. The molecule has 0 radical (unpaired) electrons. The zero-order valence-electron chi connectivity index (χ0n) is 13.2. The highest BCUT2D eigenvalue weighted by molar-refractivity contribution is 7.94. The van der Waals surface area contributed by atoms with E-state index in [0.717, 1.165) is 0 Å². The van der Waals surface area contributed by atoms with Gasteiger partial charge in [-0.25, -0.2) is 27.9 Å². The molecule has 2 heterocycles. The van der Waals surface area contributed by atoms with Crippen molar-refractivity contribution in [3.05, 3.63) is 28.2 Å². The van der Waals surface area contributed by atoms with Crippen LogP contribution in [0.15, 0.2) is 16.9 Å². The maximum atomic E-state index is 12.3. The molecule has 2 rings (SSSR count). The number of sulfonamides is 1. The fourth-order valence-electron chi connectivity index (χ4n) is 2.01. The van der Waals surface area contributed by atoms with E-state index in [1.807, 2.05) is 0 Å². The fourth-order valence-corrected chi connectivity index (χ4v) is 2.94. The minimum absolute atomic E-state index is 0.0173. The van der Waals surface area contributed by atoms with E-state index in [1.54, 1.807) is 24.6 Å². The molecule has 1 saturated heterocycles. The molecule has 11 heteroatoms. The number of urea groups is 1. The average molecular weight is 354 g/mol. The summed E-state index contributed by atoms with van der Waals surface area (Å²) < 4.78 is 31.5. The van der Waals surface area contributed by atoms with E-state index in [1.165, 1.54) is 0 Å². The molecule has 1 fully saturated rings. The molecule has 1 aliphatic rings. The van der Waals surface area contributed by atoms with Crippen molar-refractivity contribution in [3.8, 4) is 0 Å². The Morgan fingerprint density at radius 3 is 2.58 bits per heavy atom. The molecule has 0 saturated carbocycles. The van der Waals surface area contributed by atoms with E-state index in [0.29, 0.717) is 37.2 Å². The summed E-state index contributed by atoms with van der Waals surface area (Å²) in [7, 11) is -4.28. The lowest BCUT2D eigenvalue weighted by Crippen LogP contribution is -2.38. The second kappa shape index (κ2) is 7.25. The number of aryl methyl sites for hydroxylation is 2. The van der Waals surface area contributed by atoms with E-state index in [4.69, 9.17) is 10.1 Å². The summed E-state index contributed by atoms with van der Waals surface area (Å²) in [6.07, 6.45) is 1.32. The normalized spacial score (nSPS) is 16.4. The number of nitrogens with zero attached hydrogens (tertiary/aromatic N) is 2. The predicted octanol–water partition coefficient (Wildman–Crippen LogP) is 0.373. The highest BCUT2D eigenvalue weighted by atomic mass is 32.2. The van der Waals surface area contributed by atoms with Crippen LogP contribution in [0.1, 0.15) is 17.8 Å². The van der Waals surface area contributed by atoms with Crippen molar-refractivity contribution in [2.24, 2.45) is 0 Å². The second-order valence-corrected chi connectivity index (χ2v) is 6.65. The number of nitrogens with one attached hydrogen (secondary N) is 4. The van der Waals surface area contributed by atoms with Crippen LogP contribution in [0.25, 0.3) is 0 Å². The first-order valence-electron chi connectivity index (χ1n) is 7.09. The maximum Gasteiger partial charge on any atom is 0.335 e. The molecular formula is C13H18N6O4S. The van der Waals surface area contributed by atoms with Gasteiger partial charge < -0.3 is 15.5 Å². The Morgan fingerprint density at radius 2 is 2.04 bits per heavy atom. The van der Waals surface area contributed by atoms with Crippen LogP contribution in [0.2, 0.25) is 0 Å². The standard InChI is InChI=1S/C13H18N6O4S/c1-8-6-9(2)17-12(16-8)18-13(20)19-24(21,22)10(7-14)11-15-4-3-5-23-11/h6-7,14-15H,3-5H2,1-2H3,(H2,16,17,18,19,20)/b11-10-,14-7?. The van der Waals surface area contributed by atoms with Gasteiger partial charge in [0.1, 0.15) is 0 Å². The first kappa shape index (κ1) is 17.7. The summed E-state index contributed by atoms with van der Waals surface area (Å²) in [5, 5.41) is 12.3. The maximum absolute atomic E-state index is 12.3. The van der Waals surface area contributed by atoms with Gasteiger partial charge in [0.05, 0.1) is 6.61 Å². The second-order valence-electron chi connectivity index (χ2n) is 5.00. The van der Waals surface area contributed by atoms with E-state index in [9.17, 15) is 13.2 Å². The van der Waals surface area contributed by atoms with Crippen molar-refractivity contribution >= 4 is 28.2 Å². The number of anilines is 1. The molecule has 4 N–H and O–H groups in total. The molecule has 1 aromatic heterocycles. The number of ether oxygens (including phenoxy) is 1. The Bertz CT molecular complexity index is 761. The Hall–Kier alpha value is -2.69. The van der Waals surface area contributed by atoms with Gasteiger partial charge in [0.15, 0.2) is 4.91 Å². The van der Waals surface area contributed by atoms with Gasteiger partial charge in [0.2, 0.25) is 11.8 Å². The number of rotatable bonds is 4. The third kappa shape index (κ3) is 4.41. The molecule has 0 aromatic carbocycles. The SMILES string of the molecule is Cc1cc(C)nc(NC(=O)NS(=O)(=O)/C(C=N)=C2/NCCCO2)n1. The van der Waals surface area contributed by atoms with Gasteiger partial charge >= 0.3 is 6.03 Å². The third-order valence-corrected chi connectivity index (χ3v) is 4.27. The molecule has 2 amide bonds. The van der Waals surface area contributed by atoms with Crippen LogP contribution in [0.4, 0.5) is 10.7 Å². The minimum atomic E-state index is -4.28. The van der Waals surface area contributed by atoms with Gasteiger partial charge in [0.25, 0.3) is 10.0 Å². The molecular weight excluding hydrogens is 336 g/mol. The molecule has 0 bridgehead atoms. The summed E-state index contributed by atoms with van der Waals surface area (Å²) in [6, 6.07) is 0.680. The van der Waals surface area contributed by atoms with Crippen molar-refractivity contribution in [1.82, 2.24) is 20.0 Å². The largest absolute Gasteiger partial charge is 0.478 e. The number of hydrogen-bond donors (Lipinski definition) is 4. The Labute approximate surface area is 139 Å². The van der Waals surface area contributed by atoms with E-state index in [-0.39, 0.29) is 11.8 Å². The number of aromatic nitrogens is 2.